The average Bonchev–Trinajstić information content (AvgIpc) is 2.57. The van der Waals surface area contributed by atoms with Gasteiger partial charge < -0.3 is 14.8 Å². The molecule has 0 unspecified atom stereocenters. The SMILES string of the molecule is Cc1ccc(C(=O)O[C@@H](C)C(=O)Nc2ccc(OC(F)(F)F)cc2)cc1F. The van der Waals surface area contributed by atoms with E-state index in [2.05, 4.69) is 10.1 Å². The summed E-state index contributed by atoms with van der Waals surface area (Å²) < 4.78 is 58.5. The highest BCUT2D eigenvalue weighted by atomic mass is 19.4. The molecule has 0 fully saturated rings. The number of hydrogen-bond acceptors (Lipinski definition) is 4. The summed E-state index contributed by atoms with van der Waals surface area (Å²) in [5, 5.41) is 2.38. The van der Waals surface area contributed by atoms with E-state index in [4.69, 9.17) is 4.74 Å². The number of aryl methyl sites for hydroxylation is 1. The summed E-state index contributed by atoms with van der Waals surface area (Å²) in [4.78, 5) is 24.0. The molecule has 1 atom stereocenters. The number of carbonyl (C=O) groups excluding carboxylic acids is 2. The van der Waals surface area contributed by atoms with Crippen LogP contribution in [0, 0.1) is 12.7 Å². The summed E-state index contributed by atoms with van der Waals surface area (Å²) in [6.45, 7) is 2.84. The molecule has 0 bridgehead atoms. The molecule has 0 aliphatic rings. The van der Waals surface area contributed by atoms with Gasteiger partial charge in [-0.3, -0.25) is 4.79 Å². The maximum Gasteiger partial charge on any atom is 0.573 e. The van der Waals surface area contributed by atoms with Crippen LogP contribution in [0.2, 0.25) is 0 Å². The fourth-order valence-electron chi connectivity index (χ4n) is 1.99. The van der Waals surface area contributed by atoms with Gasteiger partial charge in [0.1, 0.15) is 11.6 Å². The number of rotatable bonds is 5. The molecule has 2 aromatic rings. The van der Waals surface area contributed by atoms with Crippen molar-refractivity contribution in [3.63, 3.8) is 0 Å². The van der Waals surface area contributed by atoms with Crippen molar-refractivity contribution in [1.82, 2.24) is 0 Å². The number of carbonyl (C=O) groups is 2. The molecule has 0 aliphatic carbocycles. The normalized spacial score (nSPS) is 12.2. The van der Waals surface area contributed by atoms with Gasteiger partial charge in [-0.25, -0.2) is 9.18 Å². The van der Waals surface area contributed by atoms with Gasteiger partial charge in [0.25, 0.3) is 5.91 Å². The average molecular weight is 385 g/mol. The van der Waals surface area contributed by atoms with Gasteiger partial charge in [0.15, 0.2) is 6.10 Å². The smallest absolute Gasteiger partial charge is 0.449 e. The Balaban J connectivity index is 1.94. The lowest BCUT2D eigenvalue weighted by Crippen LogP contribution is -2.30. The number of alkyl halides is 3. The summed E-state index contributed by atoms with van der Waals surface area (Å²) in [5.74, 6) is -2.62. The largest absolute Gasteiger partial charge is 0.573 e. The highest BCUT2D eigenvalue weighted by Crippen LogP contribution is 2.24. The van der Waals surface area contributed by atoms with Crippen LogP contribution >= 0.6 is 0 Å². The summed E-state index contributed by atoms with van der Waals surface area (Å²) in [5.41, 5.74) is 0.487. The Kier molecular flexibility index (Phi) is 6.04. The molecule has 1 amide bonds. The highest BCUT2D eigenvalue weighted by molar-refractivity contribution is 5.97. The van der Waals surface area contributed by atoms with E-state index in [1.807, 2.05) is 0 Å². The summed E-state index contributed by atoms with van der Waals surface area (Å²) >= 11 is 0. The number of halogens is 4. The summed E-state index contributed by atoms with van der Waals surface area (Å²) in [6.07, 6.45) is -6.03. The van der Waals surface area contributed by atoms with Crippen molar-refractivity contribution >= 4 is 17.6 Å². The van der Waals surface area contributed by atoms with Crippen molar-refractivity contribution in [2.45, 2.75) is 26.3 Å². The van der Waals surface area contributed by atoms with Crippen molar-refractivity contribution in [3.8, 4) is 5.75 Å². The molecule has 0 heterocycles. The van der Waals surface area contributed by atoms with E-state index in [9.17, 15) is 27.2 Å². The lowest BCUT2D eigenvalue weighted by Gasteiger charge is -2.14. The lowest BCUT2D eigenvalue weighted by atomic mass is 10.1. The Morgan fingerprint density at radius 3 is 2.26 bits per heavy atom. The van der Waals surface area contributed by atoms with Gasteiger partial charge in [-0.2, -0.15) is 0 Å². The number of benzene rings is 2. The molecule has 5 nitrogen and oxygen atoms in total. The molecule has 2 aromatic carbocycles. The molecule has 0 aliphatic heterocycles. The zero-order chi connectivity index (χ0) is 20.2. The predicted octanol–water partition coefficient (Wildman–Crippen LogP) is 4.22. The second-order valence-electron chi connectivity index (χ2n) is 5.57. The number of anilines is 1. The third kappa shape index (κ3) is 5.98. The van der Waals surface area contributed by atoms with Crippen molar-refractivity contribution < 1.29 is 36.6 Å². The second-order valence-corrected chi connectivity index (χ2v) is 5.57. The second kappa shape index (κ2) is 8.07. The molecule has 0 spiro atoms. The first-order valence-electron chi connectivity index (χ1n) is 7.69. The van der Waals surface area contributed by atoms with E-state index < -0.39 is 35.9 Å². The number of ether oxygens (including phenoxy) is 2. The lowest BCUT2D eigenvalue weighted by molar-refractivity contribution is -0.274. The molecule has 27 heavy (non-hydrogen) atoms. The van der Waals surface area contributed by atoms with Crippen LogP contribution in [0.1, 0.15) is 22.8 Å². The number of nitrogens with one attached hydrogen (secondary N) is 1. The first-order valence-corrected chi connectivity index (χ1v) is 7.69. The van der Waals surface area contributed by atoms with Gasteiger partial charge in [-0.15, -0.1) is 13.2 Å². The van der Waals surface area contributed by atoms with Crippen molar-refractivity contribution in [1.29, 1.82) is 0 Å². The fourth-order valence-corrected chi connectivity index (χ4v) is 1.99. The molecule has 2 rings (SSSR count). The van der Waals surface area contributed by atoms with Gasteiger partial charge in [0.05, 0.1) is 5.56 Å². The quantitative estimate of drug-likeness (QED) is 0.618. The van der Waals surface area contributed by atoms with Crippen molar-refractivity contribution in [2.75, 3.05) is 5.32 Å². The fraction of sp³-hybridized carbons (Fsp3) is 0.222. The maximum atomic E-state index is 13.5. The van der Waals surface area contributed by atoms with E-state index in [0.29, 0.717) is 5.56 Å². The Labute approximate surface area is 151 Å². The van der Waals surface area contributed by atoms with Gasteiger partial charge in [-0.05, 0) is 55.8 Å². The topological polar surface area (TPSA) is 64.6 Å². The Morgan fingerprint density at radius 1 is 1.07 bits per heavy atom. The molecule has 1 N–H and O–H groups in total. The molecular formula is C18H15F4NO4. The van der Waals surface area contributed by atoms with E-state index in [0.717, 1.165) is 18.2 Å². The third-order valence-corrected chi connectivity index (χ3v) is 3.42. The van der Waals surface area contributed by atoms with Gasteiger partial charge >= 0.3 is 12.3 Å². The van der Waals surface area contributed by atoms with E-state index in [1.54, 1.807) is 0 Å². The van der Waals surface area contributed by atoms with E-state index >= 15 is 0 Å². The number of hydrogen-bond donors (Lipinski definition) is 1. The first kappa shape index (κ1) is 20.2. The first-order chi connectivity index (χ1) is 12.5. The van der Waals surface area contributed by atoms with E-state index in [-0.39, 0.29) is 11.3 Å². The van der Waals surface area contributed by atoms with Crippen LogP contribution in [0.3, 0.4) is 0 Å². The van der Waals surface area contributed by atoms with Crippen LogP contribution in [0.15, 0.2) is 42.5 Å². The molecule has 0 aromatic heterocycles. The highest BCUT2D eigenvalue weighted by Gasteiger charge is 2.31. The molecule has 0 radical (unpaired) electrons. The number of esters is 1. The zero-order valence-corrected chi connectivity index (χ0v) is 14.3. The predicted molar refractivity (Wildman–Crippen MR) is 87.8 cm³/mol. The Morgan fingerprint density at radius 2 is 1.70 bits per heavy atom. The molecule has 9 heteroatoms. The number of amides is 1. The maximum absolute atomic E-state index is 13.5. The Bertz CT molecular complexity index is 834. The molecule has 0 saturated carbocycles. The minimum absolute atomic E-state index is 0.0496. The van der Waals surface area contributed by atoms with Crippen molar-refractivity contribution in [2.24, 2.45) is 0 Å². The van der Waals surface area contributed by atoms with Gasteiger partial charge in [-0.1, -0.05) is 6.07 Å². The van der Waals surface area contributed by atoms with Crippen molar-refractivity contribution in [3.05, 3.63) is 59.4 Å². The summed E-state index contributed by atoms with van der Waals surface area (Å²) in [7, 11) is 0. The zero-order valence-electron chi connectivity index (χ0n) is 14.3. The van der Waals surface area contributed by atoms with Gasteiger partial charge in [0, 0.05) is 5.69 Å². The minimum Gasteiger partial charge on any atom is -0.449 e. The van der Waals surface area contributed by atoms with Crippen LogP contribution in [-0.4, -0.2) is 24.3 Å². The van der Waals surface area contributed by atoms with Crippen LogP contribution in [0.25, 0.3) is 0 Å². The van der Waals surface area contributed by atoms with Crippen LogP contribution in [0.4, 0.5) is 23.2 Å². The summed E-state index contributed by atoms with van der Waals surface area (Å²) in [6, 6.07) is 8.21. The third-order valence-electron chi connectivity index (χ3n) is 3.42. The van der Waals surface area contributed by atoms with Gasteiger partial charge in [0.2, 0.25) is 0 Å². The molecule has 144 valence electrons. The Hall–Kier alpha value is -3.10. The molecule has 0 saturated heterocycles. The molecular weight excluding hydrogens is 370 g/mol. The standard InChI is InChI=1S/C18H15F4NO4/c1-10-3-4-12(9-15(10)19)17(25)26-11(2)16(24)23-13-5-7-14(8-6-13)27-18(20,21)22/h3-9,11H,1-2H3,(H,23,24)/t11-/m0/s1. The van der Waals surface area contributed by atoms with E-state index in [1.165, 1.54) is 38.1 Å². The van der Waals surface area contributed by atoms with Crippen LogP contribution < -0.4 is 10.1 Å². The minimum atomic E-state index is -4.82. The monoisotopic (exact) mass is 385 g/mol. The van der Waals surface area contributed by atoms with Crippen LogP contribution in [0.5, 0.6) is 5.75 Å². The van der Waals surface area contributed by atoms with Crippen LogP contribution in [-0.2, 0) is 9.53 Å².